The number of hydrogen-bond acceptors (Lipinski definition) is 5. The number of ether oxygens (including phenoxy) is 1. The largest absolute Gasteiger partial charge is 0.395 e. The second kappa shape index (κ2) is 8.42. The predicted octanol–water partition coefficient (Wildman–Crippen LogP) is 0.554. The number of anilines is 1. The quantitative estimate of drug-likeness (QED) is 0.813. The first-order chi connectivity index (χ1) is 12.2. The smallest absolute Gasteiger partial charge is 0.254 e. The van der Waals surface area contributed by atoms with E-state index in [0.29, 0.717) is 37.5 Å². The maximum absolute atomic E-state index is 12.7. The van der Waals surface area contributed by atoms with Crippen molar-refractivity contribution >= 4 is 17.5 Å². The molecule has 2 aliphatic rings. The van der Waals surface area contributed by atoms with E-state index in [-0.39, 0.29) is 24.5 Å². The Kier molecular flexibility index (Phi) is 6.01. The van der Waals surface area contributed by atoms with Gasteiger partial charge >= 0.3 is 0 Å². The van der Waals surface area contributed by atoms with Crippen LogP contribution >= 0.6 is 0 Å². The third kappa shape index (κ3) is 4.56. The SMILES string of the molecule is O=C(Nc1cccc(C(=O)N2CCN(CCO)CC2)c1)C1CCCO1. The number of carbonyl (C=O) groups excluding carboxylic acids is 2. The number of nitrogens with one attached hydrogen (secondary N) is 1. The van der Waals surface area contributed by atoms with Gasteiger partial charge in [0.15, 0.2) is 0 Å². The summed E-state index contributed by atoms with van der Waals surface area (Å²) in [5, 5.41) is 11.8. The van der Waals surface area contributed by atoms with E-state index in [1.807, 2.05) is 4.90 Å². The summed E-state index contributed by atoms with van der Waals surface area (Å²) in [6.45, 7) is 4.23. The number of aliphatic hydroxyl groups excluding tert-OH is 1. The van der Waals surface area contributed by atoms with E-state index >= 15 is 0 Å². The van der Waals surface area contributed by atoms with Crippen molar-refractivity contribution in [3.8, 4) is 0 Å². The molecule has 136 valence electrons. The normalized spacial score (nSPS) is 21.3. The van der Waals surface area contributed by atoms with Gasteiger partial charge in [0.05, 0.1) is 6.61 Å². The molecule has 25 heavy (non-hydrogen) atoms. The minimum atomic E-state index is -0.390. The first-order valence-electron chi connectivity index (χ1n) is 8.82. The summed E-state index contributed by atoms with van der Waals surface area (Å²) < 4.78 is 5.38. The van der Waals surface area contributed by atoms with Crippen LogP contribution in [0.25, 0.3) is 0 Å². The maximum Gasteiger partial charge on any atom is 0.254 e. The van der Waals surface area contributed by atoms with Crippen LogP contribution in [0.4, 0.5) is 5.69 Å². The van der Waals surface area contributed by atoms with Crippen LogP contribution in [-0.4, -0.2) is 78.8 Å². The Morgan fingerprint density at radius 2 is 2.04 bits per heavy atom. The molecule has 1 aromatic carbocycles. The van der Waals surface area contributed by atoms with Gasteiger partial charge in [0.2, 0.25) is 0 Å². The summed E-state index contributed by atoms with van der Waals surface area (Å²) in [5.41, 5.74) is 1.19. The second-order valence-corrected chi connectivity index (χ2v) is 6.43. The van der Waals surface area contributed by atoms with E-state index in [0.717, 1.165) is 25.9 Å². The van der Waals surface area contributed by atoms with E-state index < -0.39 is 0 Å². The average molecular weight is 347 g/mol. The Morgan fingerprint density at radius 3 is 2.72 bits per heavy atom. The summed E-state index contributed by atoms with van der Waals surface area (Å²) in [6.07, 6.45) is 1.25. The molecular weight excluding hydrogens is 322 g/mol. The fraction of sp³-hybridized carbons (Fsp3) is 0.556. The van der Waals surface area contributed by atoms with Crippen LogP contribution in [0.3, 0.4) is 0 Å². The lowest BCUT2D eigenvalue weighted by Crippen LogP contribution is -2.49. The minimum Gasteiger partial charge on any atom is -0.395 e. The van der Waals surface area contributed by atoms with Crippen molar-refractivity contribution in [1.29, 1.82) is 0 Å². The van der Waals surface area contributed by atoms with Crippen LogP contribution in [0, 0.1) is 0 Å². The van der Waals surface area contributed by atoms with E-state index in [1.54, 1.807) is 24.3 Å². The fourth-order valence-corrected chi connectivity index (χ4v) is 3.24. The van der Waals surface area contributed by atoms with E-state index in [1.165, 1.54) is 0 Å². The number of aliphatic hydroxyl groups is 1. The van der Waals surface area contributed by atoms with Crippen molar-refractivity contribution < 1.29 is 19.4 Å². The Bertz CT molecular complexity index is 608. The number of hydrogen-bond donors (Lipinski definition) is 2. The molecule has 0 radical (unpaired) electrons. The molecule has 2 N–H and O–H groups in total. The number of piperazine rings is 1. The number of carbonyl (C=O) groups is 2. The predicted molar refractivity (Wildman–Crippen MR) is 93.5 cm³/mol. The zero-order chi connectivity index (χ0) is 17.6. The highest BCUT2D eigenvalue weighted by Gasteiger charge is 2.25. The number of β-amino-alcohol motifs (C(OH)–C–C–N with tert-alkyl or cyclic N) is 1. The lowest BCUT2D eigenvalue weighted by Gasteiger charge is -2.34. The van der Waals surface area contributed by atoms with Gasteiger partial charge in [0.1, 0.15) is 6.10 Å². The Labute approximate surface area is 147 Å². The van der Waals surface area contributed by atoms with Gasteiger partial charge in [-0.05, 0) is 31.0 Å². The zero-order valence-electron chi connectivity index (χ0n) is 14.3. The van der Waals surface area contributed by atoms with E-state index in [9.17, 15) is 9.59 Å². The molecule has 0 aliphatic carbocycles. The van der Waals surface area contributed by atoms with Gasteiger partial charge in [-0.1, -0.05) is 6.07 Å². The molecule has 7 nitrogen and oxygen atoms in total. The van der Waals surface area contributed by atoms with Crippen LogP contribution < -0.4 is 5.32 Å². The van der Waals surface area contributed by atoms with Crippen LogP contribution in [0.1, 0.15) is 23.2 Å². The molecule has 0 bridgehead atoms. The van der Waals surface area contributed by atoms with Gasteiger partial charge in [-0.2, -0.15) is 0 Å². The highest BCUT2D eigenvalue weighted by Crippen LogP contribution is 2.17. The molecular formula is C18H25N3O4. The number of nitrogens with zero attached hydrogens (tertiary/aromatic N) is 2. The third-order valence-electron chi connectivity index (χ3n) is 4.67. The summed E-state index contributed by atoms with van der Waals surface area (Å²) in [5.74, 6) is -0.184. The summed E-state index contributed by atoms with van der Waals surface area (Å²) in [7, 11) is 0. The molecule has 1 aromatic rings. The molecule has 2 fully saturated rings. The van der Waals surface area contributed by atoms with Gasteiger partial charge in [0.25, 0.3) is 11.8 Å². The van der Waals surface area contributed by atoms with Crippen molar-refractivity contribution in [2.24, 2.45) is 0 Å². The van der Waals surface area contributed by atoms with Gasteiger partial charge in [-0.15, -0.1) is 0 Å². The molecule has 2 saturated heterocycles. The van der Waals surface area contributed by atoms with Crippen LogP contribution in [0.15, 0.2) is 24.3 Å². The van der Waals surface area contributed by atoms with Crippen LogP contribution in [0.5, 0.6) is 0 Å². The zero-order valence-corrected chi connectivity index (χ0v) is 14.3. The summed E-state index contributed by atoms with van der Waals surface area (Å²) in [4.78, 5) is 28.8. The molecule has 2 amide bonds. The van der Waals surface area contributed by atoms with E-state index in [2.05, 4.69) is 10.2 Å². The lowest BCUT2D eigenvalue weighted by atomic mass is 10.1. The lowest BCUT2D eigenvalue weighted by molar-refractivity contribution is -0.124. The number of amides is 2. The van der Waals surface area contributed by atoms with Crippen molar-refractivity contribution in [2.45, 2.75) is 18.9 Å². The van der Waals surface area contributed by atoms with Crippen molar-refractivity contribution in [2.75, 3.05) is 51.3 Å². The molecule has 0 aromatic heterocycles. The fourth-order valence-electron chi connectivity index (χ4n) is 3.24. The second-order valence-electron chi connectivity index (χ2n) is 6.43. The highest BCUT2D eigenvalue weighted by atomic mass is 16.5. The van der Waals surface area contributed by atoms with Gasteiger partial charge in [-0.25, -0.2) is 0 Å². The Hall–Kier alpha value is -1.96. The maximum atomic E-state index is 12.7. The standard InChI is InChI=1S/C18H25N3O4/c22-11-10-20-6-8-21(9-7-20)18(24)14-3-1-4-15(13-14)19-17(23)16-5-2-12-25-16/h1,3-4,13,16,22H,2,5-12H2,(H,19,23). The van der Waals surface area contributed by atoms with Crippen molar-refractivity contribution in [1.82, 2.24) is 9.80 Å². The molecule has 1 atom stereocenters. The first kappa shape index (κ1) is 17.8. The van der Waals surface area contributed by atoms with Gasteiger partial charge in [0, 0.05) is 50.6 Å². The molecule has 0 spiro atoms. The number of benzene rings is 1. The molecule has 7 heteroatoms. The first-order valence-corrected chi connectivity index (χ1v) is 8.82. The van der Waals surface area contributed by atoms with Crippen LogP contribution in [0.2, 0.25) is 0 Å². The third-order valence-corrected chi connectivity index (χ3v) is 4.67. The monoisotopic (exact) mass is 347 g/mol. The van der Waals surface area contributed by atoms with Gasteiger partial charge in [-0.3, -0.25) is 14.5 Å². The van der Waals surface area contributed by atoms with Crippen molar-refractivity contribution in [3.63, 3.8) is 0 Å². The Balaban J connectivity index is 1.59. The topological polar surface area (TPSA) is 82.1 Å². The summed E-state index contributed by atoms with van der Waals surface area (Å²) in [6, 6.07) is 7.04. The minimum absolute atomic E-state index is 0.0307. The molecule has 3 rings (SSSR count). The molecule has 1 unspecified atom stereocenters. The van der Waals surface area contributed by atoms with Crippen molar-refractivity contribution in [3.05, 3.63) is 29.8 Å². The van der Waals surface area contributed by atoms with E-state index in [4.69, 9.17) is 9.84 Å². The molecule has 2 aliphatic heterocycles. The average Bonchev–Trinajstić information content (AvgIpc) is 3.17. The molecule has 2 heterocycles. The molecule has 0 saturated carbocycles. The van der Waals surface area contributed by atoms with Gasteiger partial charge < -0.3 is 20.1 Å². The number of rotatable bonds is 5. The Morgan fingerprint density at radius 1 is 1.24 bits per heavy atom. The summed E-state index contributed by atoms with van der Waals surface area (Å²) >= 11 is 0. The van der Waals surface area contributed by atoms with Crippen LogP contribution in [-0.2, 0) is 9.53 Å². The highest BCUT2D eigenvalue weighted by molar-refractivity contribution is 5.98.